The molecule has 0 aliphatic heterocycles. The van der Waals surface area contributed by atoms with E-state index in [1.165, 1.54) is 0 Å². The molecule has 0 N–H and O–H groups in total. The zero-order valence-corrected chi connectivity index (χ0v) is 7.00. The topological polar surface area (TPSA) is 0 Å². The van der Waals surface area contributed by atoms with E-state index in [0.717, 1.165) is 24.9 Å². The Morgan fingerprint density at radius 3 is 1.89 bits per heavy atom. The summed E-state index contributed by atoms with van der Waals surface area (Å²) in [5.74, 6) is 0.741. The molecule has 0 amide bonds. The van der Waals surface area contributed by atoms with Crippen molar-refractivity contribution in [3.05, 3.63) is 25.3 Å². The molecule has 0 nitrogen and oxygen atoms in total. The van der Waals surface area contributed by atoms with Gasteiger partial charge in [-0.1, -0.05) is 12.2 Å². The lowest BCUT2D eigenvalue weighted by atomic mass is 10.0. The fourth-order valence-corrected chi connectivity index (χ4v) is 1.14. The normalized spacial score (nSPS) is 9.56. The van der Waals surface area contributed by atoms with E-state index < -0.39 is 0 Å². The smallest absolute Gasteiger partial charge is 0.0311 e. The first-order valence-electron chi connectivity index (χ1n) is 3.27. The van der Waals surface area contributed by atoms with E-state index in [4.69, 9.17) is 0 Å². The highest BCUT2D eigenvalue weighted by Crippen LogP contribution is 2.12. The van der Waals surface area contributed by atoms with Gasteiger partial charge in [-0.15, -0.1) is 22.4 Å². The van der Waals surface area contributed by atoms with Gasteiger partial charge in [-0.3, -0.25) is 0 Å². The zero-order chi connectivity index (χ0) is 7.11. The summed E-state index contributed by atoms with van der Waals surface area (Å²) >= 11 is 0. The quantitative estimate of drug-likeness (QED) is 0.409. The molecule has 0 rings (SSSR count). The Labute approximate surface area is 60.2 Å². The van der Waals surface area contributed by atoms with Crippen LogP contribution >= 0.6 is 9.24 Å². The molecular formula is C8H15P. The van der Waals surface area contributed by atoms with Crippen molar-refractivity contribution in [3.8, 4) is 0 Å². The number of allylic oxidation sites excluding steroid dienone is 2. The lowest BCUT2D eigenvalue weighted by molar-refractivity contribution is 0.615. The summed E-state index contributed by atoms with van der Waals surface area (Å²) in [6.07, 6.45) is 7.31. The number of hydrogen-bond donors (Lipinski definition) is 0. The van der Waals surface area contributed by atoms with E-state index in [1.54, 1.807) is 0 Å². The Morgan fingerprint density at radius 1 is 1.22 bits per heavy atom. The summed E-state index contributed by atoms with van der Waals surface area (Å²) < 4.78 is 0. The van der Waals surface area contributed by atoms with Crippen molar-refractivity contribution in [2.75, 3.05) is 6.16 Å². The molecule has 0 aliphatic carbocycles. The minimum absolute atomic E-state index is 0.741. The van der Waals surface area contributed by atoms with E-state index in [1.807, 2.05) is 12.2 Å². The number of rotatable bonds is 5. The molecule has 1 heteroatoms. The van der Waals surface area contributed by atoms with Crippen molar-refractivity contribution in [1.29, 1.82) is 0 Å². The Morgan fingerprint density at radius 2 is 1.67 bits per heavy atom. The molecule has 9 heavy (non-hydrogen) atoms. The fourth-order valence-electron chi connectivity index (χ4n) is 0.760. The highest BCUT2D eigenvalue weighted by atomic mass is 31.0. The Hall–Kier alpha value is -0.0900. The summed E-state index contributed by atoms with van der Waals surface area (Å²) in [5, 5.41) is 0. The second-order valence-corrected chi connectivity index (χ2v) is 2.62. The van der Waals surface area contributed by atoms with Crippen LogP contribution < -0.4 is 0 Å². The Kier molecular flexibility index (Phi) is 5.98. The monoisotopic (exact) mass is 142 g/mol. The lowest BCUT2D eigenvalue weighted by Crippen LogP contribution is -1.97. The molecule has 52 valence electrons. The van der Waals surface area contributed by atoms with Gasteiger partial charge in [0.05, 0.1) is 0 Å². The fraction of sp³-hybridized carbons (Fsp3) is 0.500. The van der Waals surface area contributed by atoms with Gasteiger partial charge in [-0.2, -0.15) is 0 Å². The maximum atomic E-state index is 3.69. The van der Waals surface area contributed by atoms with Crippen LogP contribution in [0.4, 0.5) is 0 Å². The minimum atomic E-state index is 0.741. The van der Waals surface area contributed by atoms with Crippen LogP contribution in [-0.2, 0) is 0 Å². The maximum Gasteiger partial charge on any atom is -0.0311 e. The first kappa shape index (κ1) is 8.91. The summed E-state index contributed by atoms with van der Waals surface area (Å²) in [6, 6.07) is 0. The van der Waals surface area contributed by atoms with Gasteiger partial charge in [-0.05, 0) is 24.9 Å². The predicted molar refractivity (Wildman–Crippen MR) is 47.7 cm³/mol. The molecule has 0 saturated carbocycles. The Bertz CT molecular complexity index is 76.6. The average Bonchev–Trinajstić information content (AvgIpc) is 1.88. The van der Waals surface area contributed by atoms with Gasteiger partial charge in [0, 0.05) is 0 Å². The SMILES string of the molecule is C=CCC(CP)CC=C. The van der Waals surface area contributed by atoms with Crippen LogP contribution in [0.25, 0.3) is 0 Å². The molecule has 0 aromatic carbocycles. The van der Waals surface area contributed by atoms with Gasteiger partial charge in [0.25, 0.3) is 0 Å². The van der Waals surface area contributed by atoms with Crippen LogP contribution in [0, 0.1) is 5.92 Å². The van der Waals surface area contributed by atoms with E-state index in [9.17, 15) is 0 Å². The van der Waals surface area contributed by atoms with Crippen LogP contribution in [0.2, 0.25) is 0 Å². The predicted octanol–water partition coefficient (Wildman–Crippen LogP) is 2.63. The van der Waals surface area contributed by atoms with Crippen molar-refractivity contribution < 1.29 is 0 Å². The summed E-state index contributed by atoms with van der Waals surface area (Å²) in [5.41, 5.74) is 0. The number of hydrogen-bond acceptors (Lipinski definition) is 0. The molecule has 0 radical (unpaired) electrons. The minimum Gasteiger partial charge on any atom is -0.137 e. The van der Waals surface area contributed by atoms with Crippen molar-refractivity contribution in [1.82, 2.24) is 0 Å². The third-order valence-electron chi connectivity index (χ3n) is 1.33. The van der Waals surface area contributed by atoms with Crippen LogP contribution in [0.15, 0.2) is 25.3 Å². The standard InChI is InChI=1S/C8H15P/c1-3-5-8(7-9)6-4-2/h3-4,8H,1-2,5-7,9H2. The van der Waals surface area contributed by atoms with Crippen LogP contribution in [0.3, 0.4) is 0 Å². The van der Waals surface area contributed by atoms with Crippen molar-refractivity contribution in [2.24, 2.45) is 5.92 Å². The van der Waals surface area contributed by atoms with Crippen LogP contribution in [0.5, 0.6) is 0 Å². The molecule has 0 bridgehead atoms. The van der Waals surface area contributed by atoms with Gasteiger partial charge in [0.2, 0.25) is 0 Å². The molecule has 0 heterocycles. The van der Waals surface area contributed by atoms with Gasteiger partial charge >= 0.3 is 0 Å². The van der Waals surface area contributed by atoms with Gasteiger partial charge < -0.3 is 0 Å². The molecule has 0 aromatic rings. The third-order valence-corrected chi connectivity index (χ3v) is 2.00. The van der Waals surface area contributed by atoms with E-state index in [0.29, 0.717) is 0 Å². The second kappa shape index (κ2) is 6.04. The first-order valence-corrected chi connectivity index (χ1v) is 4.08. The molecule has 0 aliphatic rings. The zero-order valence-electron chi connectivity index (χ0n) is 5.84. The van der Waals surface area contributed by atoms with E-state index in [2.05, 4.69) is 22.4 Å². The van der Waals surface area contributed by atoms with Crippen molar-refractivity contribution in [2.45, 2.75) is 12.8 Å². The lowest BCUT2D eigenvalue weighted by Gasteiger charge is -2.07. The van der Waals surface area contributed by atoms with Crippen LogP contribution in [-0.4, -0.2) is 6.16 Å². The maximum absolute atomic E-state index is 3.69. The summed E-state index contributed by atoms with van der Waals surface area (Å²) in [6.45, 7) is 7.37. The van der Waals surface area contributed by atoms with Gasteiger partial charge in [0.15, 0.2) is 0 Å². The molecule has 1 atom stereocenters. The molecule has 0 saturated heterocycles. The third kappa shape index (κ3) is 4.42. The van der Waals surface area contributed by atoms with Crippen LogP contribution in [0.1, 0.15) is 12.8 Å². The largest absolute Gasteiger partial charge is 0.137 e. The highest BCUT2D eigenvalue weighted by molar-refractivity contribution is 7.16. The van der Waals surface area contributed by atoms with Crippen molar-refractivity contribution in [3.63, 3.8) is 0 Å². The van der Waals surface area contributed by atoms with E-state index >= 15 is 0 Å². The summed E-state index contributed by atoms with van der Waals surface area (Å²) in [7, 11) is 2.75. The second-order valence-electron chi connectivity index (χ2n) is 2.15. The molecule has 0 aromatic heterocycles. The molecule has 0 spiro atoms. The Balaban J connectivity index is 3.39. The van der Waals surface area contributed by atoms with Gasteiger partial charge in [0.1, 0.15) is 0 Å². The highest BCUT2D eigenvalue weighted by Gasteiger charge is 1.98. The van der Waals surface area contributed by atoms with E-state index in [-0.39, 0.29) is 0 Å². The van der Waals surface area contributed by atoms with Crippen molar-refractivity contribution >= 4 is 9.24 Å². The van der Waals surface area contributed by atoms with Gasteiger partial charge in [-0.25, -0.2) is 0 Å². The molecular weight excluding hydrogens is 127 g/mol. The molecule has 0 fully saturated rings. The summed E-state index contributed by atoms with van der Waals surface area (Å²) in [4.78, 5) is 0. The first-order chi connectivity index (χ1) is 4.35. The average molecular weight is 142 g/mol. The molecule has 1 unspecified atom stereocenters.